The van der Waals surface area contributed by atoms with Gasteiger partial charge in [-0.2, -0.15) is 0 Å². The van der Waals surface area contributed by atoms with Crippen LogP contribution in [0.3, 0.4) is 0 Å². The molecule has 0 aliphatic rings. The fraction of sp³-hybridized carbons (Fsp3) is 0.0500. The molecule has 0 atom stereocenters. The fourth-order valence-corrected chi connectivity index (χ4v) is 3.01. The summed E-state index contributed by atoms with van der Waals surface area (Å²) in [6.07, 6.45) is 3.57. The van der Waals surface area contributed by atoms with E-state index in [1.54, 1.807) is 12.4 Å². The van der Waals surface area contributed by atoms with Gasteiger partial charge in [-0.15, -0.1) is 0 Å². The Morgan fingerprint density at radius 2 is 1.64 bits per heavy atom. The summed E-state index contributed by atoms with van der Waals surface area (Å²) in [6.45, 7) is 0.679. The van der Waals surface area contributed by atoms with Crippen LogP contribution in [0.1, 0.15) is 5.56 Å². The second kappa shape index (κ2) is 6.83. The molecule has 2 aromatic heterocycles. The van der Waals surface area contributed by atoms with Crippen LogP contribution in [0.25, 0.3) is 21.8 Å². The number of hydrogen-bond donors (Lipinski definition) is 2. The molecular formula is C20H16N4S. The van der Waals surface area contributed by atoms with E-state index in [9.17, 15) is 0 Å². The van der Waals surface area contributed by atoms with E-state index in [1.807, 2.05) is 42.5 Å². The maximum absolute atomic E-state index is 5.46. The van der Waals surface area contributed by atoms with Crippen LogP contribution in [0.5, 0.6) is 0 Å². The monoisotopic (exact) mass is 344 g/mol. The van der Waals surface area contributed by atoms with E-state index in [4.69, 9.17) is 12.2 Å². The largest absolute Gasteiger partial charge is 0.358 e. The fourth-order valence-electron chi connectivity index (χ4n) is 2.82. The normalized spacial score (nSPS) is 10.7. The molecule has 0 unspecified atom stereocenters. The van der Waals surface area contributed by atoms with E-state index in [0.717, 1.165) is 27.5 Å². The highest BCUT2D eigenvalue weighted by Crippen LogP contribution is 2.29. The first-order valence-electron chi connectivity index (χ1n) is 8.02. The Bertz CT molecular complexity index is 1050. The molecule has 0 bridgehead atoms. The lowest BCUT2D eigenvalue weighted by Crippen LogP contribution is -2.27. The van der Waals surface area contributed by atoms with Crippen LogP contribution in [0.4, 0.5) is 5.69 Å². The Balaban J connectivity index is 1.63. The van der Waals surface area contributed by atoms with Crippen molar-refractivity contribution >= 4 is 44.8 Å². The van der Waals surface area contributed by atoms with Gasteiger partial charge in [-0.1, -0.05) is 36.4 Å². The van der Waals surface area contributed by atoms with Crippen molar-refractivity contribution in [2.75, 3.05) is 5.32 Å². The number of hydrogen-bond acceptors (Lipinski definition) is 3. The van der Waals surface area contributed by atoms with E-state index in [0.29, 0.717) is 11.7 Å². The maximum Gasteiger partial charge on any atom is 0.171 e. The van der Waals surface area contributed by atoms with Crippen molar-refractivity contribution in [3.8, 4) is 0 Å². The van der Waals surface area contributed by atoms with E-state index in [2.05, 4.69) is 38.8 Å². The van der Waals surface area contributed by atoms with Gasteiger partial charge in [0.05, 0.1) is 16.7 Å². The molecule has 4 rings (SSSR count). The van der Waals surface area contributed by atoms with Gasteiger partial charge in [-0.25, -0.2) is 0 Å². The zero-order chi connectivity index (χ0) is 17.1. The van der Waals surface area contributed by atoms with Gasteiger partial charge in [0.25, 0.3) is 0 Å². The summed E-state index contributed by atoms with van der Waals surface area (Å²) in [4.78, 5) is 8.97. The van der Waals surface area contributed by atoms with Crippen molar-refractivity contribution in [3.63, 3.8) is 0 Å². The minimum atomic E-state index is 0.581. The van der Waals surface area contributed by atoms with Gasteiger partial charge < -0.3 is 10.6 Å². The van der Waals surface area contributed by atoms with Crippen LogP contribution in [0.2, 0.25) is 0 Å². The summed E-state index contributed by atoms with van der Waals surface area (Å²) in [5, 5.41) is 9.15. The Morgan fingerprint density at radius 3 is 2.48 bits per heavy atom. The maximum atomic E-state index is 5.46. The van der Waals surface area contributed by atoms with E-state index >= 15 is 0 Å². The first kappa shape index (κ1) is 15.5. The molecule has 2 aromatic carbocycles. The topological polar surface area (TPSA) is 49.8 Å². The van der Waals surface area contributed by atoms with E-state index < -0.39 is 0 Å². The van der Waals surface area contributed by atoms with Gasteiger partial charge in [0.15, 0.2) is 5.11 Å². The third kappa shape index (κ3) is 3.27. The van der Waals surface area contributed by atoms with Gasteiger partial charge in [0.2, 0.25) is 0 Å². The van der Waals surface area contributed by atoms with Gasteiger partial charge >= 0.3 is 0 Å². The molecule has 0 saturated carbocycles. The highest BCUT2D eigenvalue weighted by molar-refractivity contribution is 7.80. The zero-order valence-electron chi connectivity index (χ0n) is 13.4. The standard InChI is InChI=1S/C20H16N4S/c25-20(23-13-14-6-2-1-3-7-14)24-17-12-15-8-4-10-21-18(15)19-16(17)9-5-11-22-19/h1-12H,13H2,(H2,23,24,25). The van der Waals surface area contributed by atoms with Gasteiger partial charge in [-0.05, 0) is 42.0 Å². The van der Waals surface area contributed by atoms with Gasteiger partial charge in [0, 0.05) is 29.7 Å². The number of aromatic nitrogens is 2. The van der Waals surface area contributed by atoms with Crippen molar-refractivity contribution in [3.05, 3.63) is 78.6 Å². The Morgan fingerprint density at radius 1 is 0.880 bits per heavy atom. The molecular weight excluding hydrogens is 328 g/mol. The van der Waals surface area contributed by atoms with E-state index in [1.165, 1.54) is 5.56 Å². The molecule has 25 heavy (non-hydrogen) atoms. The third-order valence-corrected chi connectivity index (χ3v) is 4.25. The number of thiocarbonyl (C=S) groups is 1. The molecule has 0 radical (unpaired) electrons. The Hall–Kier alpha value is -3.05. The second-order valence-electron chi connectivity index (χ2n) is 5.69. The molecule has 0 aliphatic carbocycles. The van der Waals surface area contributed by atoms with Crippen LogP contribution in [0.15, 0.2) is 73.1 Å². The van der Waals surface area contributed by atoms with Crippen LogP contribution in [-0.4, -0.2) is 15.1 Å². The summed E-state index contributed by atoms with van der Waals surface area (Å²) in [5.41, 5.74) is 3.87. The summed E-state index contributed by atoms with van der Waals surface area (Å²) in [7, 11) is 0. The number of benzene rings is 2. The highest BCUT2D eigenvalue weighted by atomic mass is 32.1. The lowest BCUT2D eigenvalue weighted by atomic mass is 10.1. The smallest absolute Gasteiger partial charge is 0.171 e. The number of pyridine rings is 2. The Kier molecular flexibility index (Phi) is 4.23. The van der Waals surface area contributed by atoms with Crippen molar-refractivity contribution in [2.45, 2.75) is 6.54 Å². The van der Waals surface area contributed by atoms with Crippen LogP contribution in [-0.2, 0) is 6.54 Å². The van der Waals surface area contributed by atoms with Gasteiger partial charge in [0.1, 0.15) is 0 Å². The van der Waals surface area contributed by atoms with Crippen molar-refractivity contribution < 1.29 is 0 Å². The minimum Gasteiger partial charge on any atom is -0.358 e. The van der Waals surface area contributed by atoms with Crippen molar-refractivity contribution in [2.24, 2.45) is 0 Å². The zero-order valence-corrected chi connectivity index (χ0v) is 14.3. The molecule has 0 spiro atoms. The number of rotatable bonds is 3. The second-order valence-corrected chi connectivity index (χ2v) is 6.10. The summed E-state index contributed by atoms with van der Waals surface area (Å²) in [5.74, 6) is 0. The number of anilines is 1. The lowest BCUT2D eigenvalue weighted by molar-refractivity contribution is 0.926. The lowest BCUT2D eigenvalue weighted by Gasteiger charge is -2.13. The predicted octanol–water partition coefficient (Wildman–Crippen LogP) is 4.27. The number of fused-ring (bicyclic) bond motifs is 3. The summed E-state index contributed by atoms with van der Waals surface area (Å²) >= 11 is 5.46. The first-order valence-corrected chi connectivity index (χ1v) is 8.43. The minimum absolute atomic E-state index is 0.581. The molecule has 4 nitrogen and oxygen atoms in total. The number of nitrogens with zero attached hydrogens (tertiary/aromatic N) is 2. The quantitative estimate of drug-likeness (QED) is 0.429. The molecule has 122 valence electrons. The predicted molar refractivity (Wildman–Crippen MR) is 107 cm³/mol. The van der Waals surface area contributed by atoms with Crippen LogP contribution < -0.4 is 10.6 Å². The van der Waals surface area contributed by atoms with Crippen LogP contribution >= 0.6 is 12.2 Å². The average molecular weight is 344 g/mol. The first-order chi connectivity index (χ1) is 12.3. The molecule has 0 aliphatic heterocycles. The highest BCUT2D eigenvalue weighted by Gasteiger charge is 2.09. The Labute approximate surface area is 150 Å². The molecule has 2 heterocycles. The van der Waals surface area contributed by atoms with Crippen LogP contribution in [0, 0.1) is 0 Å². The van der Waals surface area contributed by atoms with Crippen molar-refractivity contribution in [1.29, 1.82) is 0 Å². The van der Waals surface area contributed by atoms with Gasteiger partial charge in [-0.3, -0.25) is 9.97 Å². The average Bonchev–Trinajstić information content (AvgIpc) is 2.67. The molecule has 2 N–H and O–H groups in total. The molecule has 5 heteroatoms. The molecule has 0 saturated heterocycles. The van der Waals surface area contributed by atoms with E-state index in [-0.39, 0.29) is 0 Å². The molecule has 0 fully saturated rings. The molecule has 4 aromatic rings. The summed E-state index contributed by atoms with van der Waals surface area (Å²) in [6, 6.07) is 20.1. The third-order valence-electron chi connectivity index (χ3n) is 4.01. The van der Waals surface area contributed by atoms with Crippen molar-refractivity contribution in [1.82, 2.24) is 15.3 Å². The SMILES string of the molecule is S=C(NCc1ccccc1)Nc1cc2cccnc2c2ncccc12. The molecule has 0 amide bonds. The summed E-state index contributed by atoms with van der Waals surface area (Å²) < 4.78 is 0. The number of nitrogens with one attached hydrogen (secondary N) is 2.